The van der Waals surface area contributed by atoms with Crippen LogP contribution in [0.1, 0.15) is 42.9 Å². The first-order valence-electron chi connectivity index (χ1n) is 13.7. The number of nitrogens with zero attached hydrogens (tertiary/aromatic N) is 6. The zero-order valence-corrected chi connectivity index (χ0v) is 22.9. The fourth-order valence-corrected chi connectivity index (χ4v) is 5.80. The lowest BCUT2D eigenvalue weighted by Gasteiger charge is -2.42. The second-order valence-electron chi connectivity index (χ2n) is 10.5. The molecule has 204 valence electrons. The van der Waals surface area contributed by atoms with Gasteiger partial charge >= 0.3 is 0 Å². The van der Waals surface area contributed by atoms with E-state index in [4.69, 9.17) is 9.72 Å². The van der Waals surface area contributed by atoms with E-state index in [1.54, 1.807) is 18.3 Å². The number of likely N-dealkylation sites (tertiary alicyclic amines) is 1. The highest BCUT2D eigenvalue weighted by atomic mass is 16.5. The molecule has 2 fully saturated rings. The number of carbonyl (C=O) groups is 1. The highest BCUT2D eigenvalue weighted by molar-refractivity contribution is 5.89. The number of nitriles is 2. The van der Waals surface area contributed by atoms with Crippen molar-refractivity contribution in [2.45, 2.75) is 37.6 Å². The monoisotopic (exact) mass is 535 g/mol. The summed E-state index contributed by atoms with van der Waals surface area (Å²) in [6.45, 7) is 5.41. The number of anilines is 1. The van der Waals surface area contributed by atoms with Gasteiger partial charge in [-0.15, -0.1) is 0 Å². The molecule has 1 atom stereocenters. The Hall–Kier alpha value is -4.47. The van der Waals surface area contributed by atoms with Gasteiger partial charge in [0.2, 0.25) is 11.8 Å². The van der Waals surface area contributed by atoms with Gasteiger partial charge in [0, 0.05) is 38.1 Å². The highest BCUT2D eigenvalue weighted by Crippen LogP contribution is 2.39. The lowest BCUT2D eigenvalue weighted by atomic mass is 9.72. The Morgan fingerprint density at radius 2 is 1.95 bits per heavy atom. The van der Waals surface area contributed by atoms with Crippen LogP contribution in [-0.4, -0.2) is 66.7 Å². The minimum absolute atomic E-state index is 0.0266. The fraction of sp³-hybridized carbons (Fsp3) is 0.387. The maximum Gasteiger partial charge on any atom is 0.231 e. The summed E-state index contributed by atoms with van der Waals surface area (Å²) in [5.74, 6) is 0.561. The number of hydrogen-bond donors (Lipinski definition) is 1. The quantitative estimate of drug-likeness (QED) is 0.487. The number of carbonyl (C=O) groups excluding carboxylic acids is 1. The minimum atomic E-state index is -0.750. The summed E-state index contributed by atoms with van der Waals surface area (Å²) < 4.78 is 5.70. The second kappa shape index (κ2) is 11.7. The van der Waals surface area contributed by atoms with Crippen LogP contribution in [0.25, 0.3) is 11.3 Å². The van der Waals surface area contributed by atoms with Crippen LogP contribution in [0, 0.1) is 22.7 Å². The number of pyridine rings is 2. The third kappa shape index (κ3) is 5.34. The Bertz CT molecular complexity index is 1450. The van der Waals surface area contributed by atoms with E-state index in [1.165, 1.54) is 0 Å². The van der Waals surface area contributed by atoms with Crippen LogP contribution in [0.3, 0.4) is 0 Å². The molecule has 0 unspecified atom stereocenters. The predicted octanol–water partition coefficient (Wildman–Crippen LogP) is 3.64. The molecule has 0 saturated carbocycles. The summed E-state index contributed by atoms with van der Waals surface area (Å²) in [6, 6.07) is 17.4. The number of nitrogens with one attached hydrogen (secondary N) is 1. The maximum atomic E-state index is 14.0. The van der Waals surface area contributed by atoms with Crippen molar-refractivity contribution in [3.8, 4) is 29.3 Å². The Labute approximate surface area is 235 Å². The van der Waals surface area contributed by atoms with E-state index in [9.17, 15) is 15.3 Å². The molecule has 4 heterocycles. The van der Waals surface area contributed by atoms with Crippen LogP contribution in [-0.2, 0) is 10.2 Å². The van der Waals surface area contributed by atoms with Gasteiger partial charge in [-0.05, 0) is 81.7 Å². The molecule has 1 amide bonds. The number of piperidine rings is 1. The Morgan fingerprint density at radius 1 is 1.12 bits per heavy atom. The second-order valence-corrected chi connectivity index (χ2v) is 10.5. The molecule has 1 aromatic carbocycles. The van der Waals surface area contributed by atoms with E-state index >= 15 is 0 Å². The molecule has 2 saturated heterocycles. The van der Waals surface area contributed by atoms with Gasteiger partial charge in [0.05, 0.1) is 46.2 Å². The van der Waals surface area contributed by atoms with Crippen molar-refractivity contribution in [3.05, 3.63) is 71.5 Å². The Balaban J connectivity index is 1.44. The van der Waals surface area contributed by atoms with Crippen molar-refractivity contribution < 1.29 is 9.53 Å². The van der Waals surface area contributed by atoms with Crippen LogP contribution in [0.2, 0.25) is 0 Å². The Morgan fingerprint density at radius 3 is 2.60 bits per heavy atom. The molecule has 9 nitrogen and oxygen atoms in total. The molecular weight excluding hydrogens is 502 g/mol. The minimum Gasteiger partial charge on any atom is -0.477 e. The third-order valence-corrected chi connectivity index (χ3v) is 8.01. The first-order valence-corrected chi connectivity index (χ1v) is 13.7. The van der Waals surface area contributed by atoms with E-state index in [0.717, 1.165) is 42.0 Å². The van der Waals surface area contributed by atoms with Gasteiger partial charge in [0.1, 0.15) is 6.07 Å². The standard InChI is InChI=1S/C31H33N7O2/c1-3-40-29-26(5-4-13-34-29)27-8-7-24(20-35-27)31(30(39)36-25-10-14-37(2)21-25)11-15-38(16-12-31)28-9-6-22(18-32)17-23(28)19-33/h4-9,13,17,20,25H,3,10-12,14-16,21H2,1-2H3,(H,36,39)/t25-/m0/s1. The number of likely N-dealkylation sites (N-methyl/N-ethyl adjacent to an activating group) is 1. The van der Waals surface area contributed by atoms with Gasteiger partial charge in [-0.2, -0.15) is 10.5 Å². The third-order valence-electron chi connectivity index (χ3n) is 8.01. The topological polar surface area (TPSA) is 118 Å². The van der Waals surface area contributed by atoms with Crippen LogP contribution in [0.5, 0.6) is 5.88 Å². The number of aromatic nitrogens is 2. The molecule has 1 N–H and O–H groups in total. The number of rotatable bonds is 7. The number of hydrogen-bond acceptors (Lipinski definition) is 8. The molecule has 0 bridgehead atoms. The van der Waals surface area contributed by atoms with Crippen molar-refractivity contribution >= 4 is 11.6 Å². The van der Waals surface area contributed by atoms with Gasteiger partial charge < -0.3 is 19.9 Å². The molecule has 2 aliphatic rings. The van der Waals surface area contributed by atoms with Gasteiger partial charge in [-0.3, -0.25) is 9.78 Å². The van der Waals surface area contributed by atoms with Gasteiger partial charge in [0.25, 0.3) is 0 Å². The van der Waals surface area contributed by atoms with Crippen molar-refractivity contribution in [1.29, 1.82) is 10.5 Å². The van der Waals surface area contributed by atoms with Gasteiger partial charge in [0.15, 0.2) is 0 Å². The van der Waals surface area contributed by atoms with Crippen LogP contribution in [0.4, 0.5) is 5.69 Å². The molecule has 5 rings (SSSR count). The zero-order chi connectivity index (χ0) is 28.1. The summed E-state index contributed by atoms with van der Waals surface area (Å²) in [5, 5.41) is 22.3. The van der Waals surface area contributed by atoms with Crippen LogP contribution in [0.15, 0.2) is 54.9 Å². The highest BCUT2D eigenvalue weighted by Gasteiger charge is 2.44. The summed E-state index contributed by atoms with van der Waals surface area (Å²) in [7, 11) is 2.07. The van der Waals surface area contributed by atoms with E-state index < -0.39 is 5.41 Å². The lowest BCUT2D eigenvalue weighted by molar-refractivity contribution is -0.128. The molecule has 2 aliphatic heterocycles. The van der Waals surface area contributed by atoms with Gasteiger partial charge in [-0.25, -0.2) is 4.98 Å². The largest absolute Gasteiger partial charge is 0.477 e. The molecule has 40 heavy (non-hydrogen) atoms. The molecular formula is C31H33N7O2. The van der Waals surface area contributed by atoms with E-state index in [1.807, 2.05) is 43.5 Å². The zero-order valence-electron chi connectivity index (χ0n) is 22.9. The number of benzene rings is 1. The van der Waals surface area contributed by atoms with Crippen molar-refractivity contribution in [2.75, 3.05) is 44.7 Å². The average Bonchev–Trinajstić information content (AvgIpc) is 3.41. The Kier molecular flexibility index (Phi) is 7.95. The summed E-state index contributed by atoms with van der Waals surface area (Å²) in [5.41, 5.74) is 3.39. The summed E-state index contributed by atoms with van der Waals surface area (Å²) >= 11 is 0. The van der Waals surface area contributed by atoms with Crippen LogP contribution >= 0.6 is 0 Å². The predicted molar refractivity (Wildman–Crippen MR) is 152 cm³/mol. The van der Waals surface area contributed by atoms with Crippen molar-refractivity contribution in [2.24, 2.45) is 0 Å². The fourth-order valence-electron chi connectivity index (χ4n) is 5.80. The molecule has 3 aromatic rings. The molecule has 0 spiro atoms. The summed E-state index contributed by atoms with van der Waals surface area (Å²) in [6.07, 6.45) is 5.59. The van der Waals surface area contributed by atoms with Crippen molar-refractivity contribution in [1.82, 2.24) is 20.2 Å². The number of amides is 1. The van der Waals surface area contributed by atoms with E-state index in [-0.39, 0.29) is 11.9 Å². The van der Waals surface area contributed by atoms with Gasteiger partial charge in [-0.1, -0.05) is 6.07 Å². The molecule has 0 radical (unpaired) electrons. The molecule has 9 heteroatoms. The number of ether oxygens (including phenoxy) is 1. The normalized spacial score (nSPS) is 18.5. The first-order chi connectivity index (χ1) is 19.5. The van der Waals surface area contributed by atoms with Crippen LogP contribution < -0.4 is 15.0 Å². The summed E-state index contributed by atoms with van der Waals surface area (Å²) in [4.78, 5) is 27.5. The van der Waals surface area contributed by atoms with E-state index in [2.05, 4.69) is 39.3 Å². The average molecular weight is 536 g/mol. The molecule has 0 aliphatic carbocycles. The SMILES string of the molecule is CCOc1ncccc1-c1ccc(C2(C(=O)N[C@H]3CCN(C)C3)CCN(c3ccc(C#N)cc3C#N)CC2)cn1. The first kappa shape index (κ1) is 27.1. The van der Waals surface area contributed by atoms with E-state index in [0.29, 0.717) is 49.5 Å². The molecule has 2 aromatic heterocycles. The smallest absolute Gasteiger partial charge is 0.231 e. The van der Waals surface area contributed by atoms with Crippen molar-refractivity contribution in [3.63, 3.8) is 0 Å². The lowest BCUT2D eigenvalue weighted by Crippen LogP contribution is -2.54. The maximum absolute atomic E-state index is 14.0.